The molecule has 0 aromatic rings. The van der Waals surface area contributed by atoms with Crippen LogP contribution in [0.2, 0.25) is 18.1 Å². The summed E-state index contributed by atoms with van der Waals surface area (Å²) in [5, 5.41) is 9.79. The lowest BCUT2D eigenvalue weighted by Gasteiger charge is -2.28. The van der Waals surface area contributed by atoms with Gasteiger partial charge in [0.15, 0.2) is 14.1 Å². The van der Waals surface area contributed by atoms with E-state index in [4.69, 9.17) is 4.43 Å². The molecule has 1 atom stereocenters. The second-order valence-corrected chi connectivity index (χ2v) is 9.94. The first kappa shape index (κ1) is 14.6. The van der Waals surface area contributed by atoms with E-state index in [0.717, 1.165) is 18.1 Å². The van der Waals surface area contributed by atoms with Crippen molar-refractivity contribution in [1.29, 1.82) is 0 Å². The van der Waals surface area contributed by atoms with E-state index in [9.17, 15) is 9.90 Å². The molecule has 1 N–H and O–H groups in total. The largest absolute Gasteiger partial charge is 0.412 e. The summed E-state index contributed by atoms with van der Waals surface area (Å²) in [4.78, 5) is 11.7. The van der Waals surface area contributed by atoms with Gasteiger partial charge in [0.1, 0.15) is 0 Å². The zero-order chi connectivity index (χ0) is 13.1. The van der Waals surface area contributed by atoms with Gasteiger partial charge < -0.3 is 9.53 Å². The summed E-state index contributed by atoms with van der Waals surface area (Å²) in [6.07, 6.45) is 1.86. The van der Waals surface area contributed by atoms with Crippen molar-refractivity contribution in [3.63, 3.8) is 0 Å². The predicted octanol–water partition coefficient (Wildman–Crippen LogP) is 2.66. The Labute approximate surface area is 105 Å². The summed E-state index contributed by atoms with van der Waals surface area (Å²) in [6, 6.07) is 3.24. The molecule has 0 amide bonds. The molecule has 0 spiro atoms. The smallest absolute Gasteiger partial charge is 0.192 e. The van der Waals surface area contributed by atoms with Crippen LogP contribution < -0.4 is 0 Å². The minimum absolute atomic E-state index is 0.0289. The lowest BCUT2D eigenvalue weighted by molar-refractivity contribution is -0.117. The van der Waals surface area contributed by atoms with E-state index >= 15 is 0 Å². The minimum Gasteiger partial charge on any atom is -0.412 e. The van der Waals surface area contributed by atoms with Gasteiger partial charge in [-0.15, -0.1) is 0 Å². The summed E-state index contributed by atoms with van der Waals surface area (Å²) in [5.41, 5.74) is -0.313. The van der Waals surface area contributed by atoms with Crippen molar-refractivity contribution in [3.8, 4) is 0 Å². The van der Waals surface area contributed by atoms with Crippen molar-refractivity contribution >= 4 is 14.1 Å². The quantitative estimate of drug-likeness (QED) is 0.743. The lowest BCUT2D eigenvalue weighted by Crippen LogP contribution is -2.36. The van der Waals surface area contributed by atoms with Crippen molar-refractivity contribution in [2.45, 2.75) is 57.8 Å². The van der Waals surface area contributed by atoms with Crippen LogP contribution >= 0.6 is 0 Å². The Morgan fingerprint density at radius 2 is 1.88 bits per heavy atom. The maximum Gasteiger partial charge on any atom is 0.192 e. The molecule has 98 valence electrons. The third kappa shape index (κ3) is 3.50. The molecular weight excluding hydrogens is 232 g/mol. The van der Waals surface area contributed by atoms with Gasteiger partial charge >= 0.3 is 0 Å². The highest BCUT2D eigenvalue weighted by atomic mass is 28.4. The van der Waals surface area contributed by atoms with Crippen LogP contribution in [0, 0.1) is 0 Å². The van der Waals surface area contributed by atoms with Crippen molar-refractivity contribution in [2.24, 2.45) is 0 Å². The van der Waals surface area contributed by atoms with E-state index in [2.05, 4.69) is 20.8 Å². The maximum absolute atomic E-state index is 11.7. The molecule has 0 heterocycles. The summed E-state index contributed by atoms with van der Waals surface area (Å²) in [6.45, 7) is 8.56. The molecule has 4 heteroatoms. The Morgan fingerprint density at radius 1 is 1.35 bits per heavy atom. The number of aliphatic hydroxyl groups is 1. The Morgan fingerprint density at radius 3 is 2.24 bits per heavy atom. The molecule has 1 aliphatic rings. The monoisotopic (exact) mass is 256 g/mol. The molecule has 0 fully saturated rings. The van der Waals surface area contributed by atoms with Gasteiger partial charge in [-0.25, -0.2) is 0 Å². The summed E-state index contributed by atoms with van der Waals surface area (Å²) in [5.74, 6) is 0.0289. The number of ketones is 1. The van der Waals surface area contributed by atoms with Crippen LogP contribution in [0.5, 0.6) is 0 Å². The Bertz CT molecular complexity index is 308. The van der Waals surface area contributed by atoms with Crippen LogP contribution in [-0.2, 0) is 9.22 Å². The average molecular weight is 256 g/mol. The van der Waals surface area contributed by atoms with Crippen LogP contribution in [0.1, 0.15) is 34.1 Å². The standard InChI is InChI=1S/C13H24O3Si/c1-5-17(6-2,7-3)16-10-11-8-13(4,15)9-12(11)14/h8,15H,5-7,9-10H2,1-4H3/t13-/m1/s1. The Kier molecular flexibility index (Phi) is 4.69. The topological polar surface area (TPSA) is 46.5 Å². The van der Waals surface area contributed by atoms with Crippen LogP contribution in [0.4, 0.5) is 0 Å². The van der Waals surface area contributed by atoms with E-state index < -0.39 is 13.9 Å². The fourth-order valence-electron chi connectivity index (χ4n) is 2.35. The number of hydrogen-bond donors (Lipinski definition) is 1. The van der Waals surface area contributed by atoms with Crippen LogP contribution in [0.15, 0.2) is 11.6 Å². The first-order chi connectivity index (χ1) is 7.88. The maximum atomic E-state index is 11.7. The fraction of sp³-hybridized carbons (Fsp3) is 0.769. The van der Waals surface area contributed by atoms with Crippen LogP contribution in [-0.4, -0.2) is 31.4 Å². The van der Waals surface area contributed by atoms with E-state index in [1.165, 1.54) is 0 Å². The third-order valence-electron chi connectivity index (χ3n) is 3.83. The molecule has 0 aromatic carbocycles. The number of carbonyl (C=O) groups excluding carboxylic acids is 1. The molecule has 0 aliphatic heterocycles. The van der Waals surface area contributed by atoms with Crippen LogP contribution in [0.25, 0.3) is 0 Å². The number of rotatable bonds is 6. The number of Topliss-reactive ketones (excluding diaryl/α,β-unsaturated/α-hetero) is 1. The number of hydrogen-bond acceptors (Lipinski definition) is 3. The van der Waals surface area contributed by atoms with Gasteiger partial charge in [-0.05, 0) is 31.1 Å². The summed E-state index contributed by atoms with van der Waals surface area (Å²) >= 11 is 0. The zero-order valence-electron chi connectivity index (χ0n) is 11.4. The molecule has 17 heavy (non-hydrogen) atoms. The van der Waals surface area contributed by atoms with Crippen molar-refractivity contribution < 1.29 is 14.3 Å². The zero-order valence-corrected chi connectivity index (χ0v) is 12.4. The van der Waals surface area contributed by atoms with Gasteiger partial charge in [0.25, 0.3) is 0 Å². The average Bonchev–Trinajstić information content (AvgIpc) is 2.55. The van der Waals surface area contributed by atoms with Gasteiger partial charge in [0.2, 0.25) is 0 Å². The molecule has 0 radical (unpaired) electrons. The molecule has 1 aliphatic carbocycles. The molecule has 1 rings (SSSR count). The van der Waals surface area contributed by atoms with Gasteiger partial charge in [0, 0.05) is 12.0 Å². The number of carbonyl (C=O) groups is 1. The highest BCUT2D eigenvalue weighted by molar-refractivity contribution is 6.73. The first-order valence-corrected chi connectivity index (χ1v) is 9.02. The van der Waals surface area contributed by atoms with Gasteiger partial charge in [-0.2, -0.15) is 0 Å². The molecule has 0 saturated carbocycles. The van der Waals surface area contributed by atoms with Crippen molar-refractivity contribution in [1.82, 2.24) is 0 Å². The molecule has 3 nitrogen and oxygen atoms in total. The van der Waals surface area contributed by atoms with Crippen LogP contribution in [0.3, 0.4) is 0 Å². The molecular formula is C13H24O3Si. The van der Waals surface area contributed by atoms with E-state index in [1.54, 1.807) is 13.0 Å². The molecule has 0 unspecified atom stereocenters. The second kappa shape index (κ2) is 5.46. The van der Waals surface area contributed by atoms with Crippen molar-refractivity contribution in [3.05, 3.63) is 11.6 Å². The minimum atomic E-state index is -1.64. The molecule has 0 bridgehead atoms. The fourth-order valence-corrected chi connectivity index (χ4v) is 4.93. The SMILES string of the molecule is CC[Si](CC)(CC)OCC1=C[C@@](C)(O)CC1=O. The Hall–Kier alpha value is -0.453. The molecule has 0 saturated heterocycles. The van der Waals surface area contributed by atoms with Crippen molar-refractivity contribution in [2.75, 3.05) is 6.61 Å². The van der Waals surface area contributed by atoms with Gasteiger partial charge in [-0.3, -0.25) is 4.79 Å². The summed E-state index contributed by atoms with van der Waals surface area (Å²) in [7, 11) is -1.64. The summed E-state index contributed by atoms with van der Waals surface area (Å²) < 4.78 is 6.06. The highest BCUT2D eigenvalue weighted by Gasteiger charge is 2.34. The molecule has 0 aromatic heterocycles. The second-order valence-electron chi connectivity index (χ2n) is 5.16. The predicted molar refractivity (Wildman–Crippen MR) is 71.5 cm³/mol. The highest BCUT2D eigenvalue weighted by Crippen LogP contribution is 2.27. The van der Waals surface area contributed by atoms with E-state index in [1.807, 2.05) is 0 Å². The third-order valence-corrected chi connectivity index (χ3v) is 8.45. The van der Waals surface area contributed by atoms with E-state index in [-0.39, 0.29) is 12.2 Å². The van der Waals surface area contributed by atoms with E-state index in [0.29, 0.717) is 12.2 Å². The Balaban J connectivity index is 2.65. The lowest BCUT2D eigenvalue weighted by atomic mass is 10.1. The normalized spacial score (nSPS) is 25.2. The van der Waals surface area contributed by atoms with Gasteiger partial charge in [-0.1, -0.05) is 20.8 Å². The first-order valence-electron chi connectivity index (χ1n) is 6.49. The van der Waals surface area contributed by atoms with Gasteiger partial charge in [0.05, 0.1) is 12.2 Å².